The second-order valence-electron chi connectivity index (χ2n) is 2.80. The first-order valence-corrected chi connectivity index (χ1v) is 4.22. The van der Waals surface area contributed by atoms with Crippen molar-refractivity contribution in [2.45, 2.75) is 6.43 Å². The number of nitrogens with two attached hydrogens (primary N) is 1. The van der Waals surface area contributed by atoms with Gasteiger partial charge >= 0.3 is 0 Å². The molecule has 1 aromatic heterocycles. The van der Waals surface area contributed by atoms with Gasteiger partial charge in [-0.1, -0.05) is 0 Å². The Balaban J connectivity index is 3.46. The summed E-state index contributed by atoms with van der Waals surface area (Å²) in [7, 11) is 2.40. The second kappa shape index (κ2) is 4.73. The molecule has 1 heterocycles. The van der Waals surface area contributed by atoms with Gasteiger partial charge in [-0.15, -0.1) is 0 Å². The molecule has 0 aliphatic carbocycles. The summed E-state index contributed by atoms with van der Waals surface area (Å²) in [6, 6.07) is 0.996. The van der Waals surface area contributed by atoms with Gasteiger partial charge in [-0.2, -0.15) is 0 Å². The SMILES string of the molecule is COc1cc(C(F)F)c(OC)c(C(N)=O)n1. The number of rotatable bonds is 4. The van der Waals surface area contributed by atoms with Crippen LogP contribution in [0.4, 0.5) is 8.78 Å². The average molecular weight is 232 g/mol. The molecule has 0 aliphatic heterocycles. The number of halogens is 2. The first kappa shape index (κ1) is 12.2. The lowest BCUT2D eigenvalue weighted by Gasteiger charge is -2.12. The normalized spacial score (nSPS) is 10.3. The highest BCUT2D eigenvalue weighted by atomic mass is 19.3. The van der Waals surface area contributed by atoms with E-state index in [-0.39, 0.29) is 17.3 Å². The number of primary amides is 1. The van der Waals surface area contributed by atoms with Crippen LogP contribution in [0.5, 0.6) is 11.6 Å². The number of aromatic nitrogens is 1. The fraction of sp³-hybridized carbons (Fsp3) is 0.333. The molecule has 7 heteroatoms. The van der Waals surface area contributed by atoms with E-state index in [4.69, 9.17) is 10.5 Å². The summed E-state index contributed by atoms with van der Waals surface area (Å²) < 4.78 is 34.7. The standard InChI is InChI=1S/C9H10F2N2O3/c1-15-5-3-4(8(10)11)7(16-2)6(13-5)9(12)14/h3,8H,1-2H3,(H2,12,14). The topological polar surface area (TPSA) is 74.4 Å². The van der Waals surface area contributed by atoms with Crippen LogP contribution in [-0.2, 0) is 0 Å². The van der Waals surface area contributed by atoms with Crippen molar-refractivity contribution in [1.29, 1.82) is 0 Å². The van der Waals surface area contributed by atoms with Gasteiger partial charge in [-0.25, -0.2) is 13.8 Å². The molecule has 0 radical (unpaired) electrons. The van der Waals surface area contributed by atoms with E-state index in [1.807, 2.05) is 0 Å². The number of pyridine rings is 1. The molecule has 0 aliphatic rings. The van der Waals surface area contributed by atoms with Crippen LogP contribution in [0.25, 0.3) is 0 Å². The van der Waals surface area contributed by atoms with Gasteiger partial charge in [0.1, 0.15) is 0 Å². The first-order chi connectivity index (χ1) is 7.51. The molecular weight excluding hydrogens is 222 g/mol. The molecule has 0 atom stereocenters. The summed E-state index contributed by atoms with van der Waals surface area (Å²) in [6.45, 7) is 0. The summed E-state index contributed by atoms with van der Waals surface area (Å²) in [4.78, 5) is 14.7. The van der Waals surface area contributed by atoms with E-state index in [1.165, 1.54) is 7.11 Å². The highest BCUT2D eigenvalue weighted by Crippen LogP contribution is 2.33. The molecule has 1 aromatic rings. The zero-order chi connectivity index (χ0) is 12.3. The minimum Gasteiger partial charge on any atom is -0.494 e. The Bertz CT molecular complexity index is 410. The molecule has 0 saturated carbocycles. The lowest BCUT2D eigenvalue weighted by Crippen LogP contribution is -2.16. The van der Waals surface area contributed by atoms with Crippen LogP contribution in [0, 0.1) is 0 Å². The Kier molecular flexibility index (Phi) is 3.60. The van der Waals surface area contributed by atoms with Crippen molar-refractivity contribution in [2.75, 3.05) is 14.2 Å². The molecule has 1 rings (SSSR count). The molecule has 5 nitrogen and oxygen atoms in total. The Labute approximate surface area is 90.2 Å². The number of alkyl halides is 2. The number of nitrogens with zero attached hydrogens (tertiary/aromatic N) is 1. The van der Waals surface area contributed by atoms with E-state index in [1.54, 1.807) is 0 Å². The number of amides is 1. The lowest BCUT2D eigenvalue weighted by molar-refractivity contribution is 0.0989. The lowest BCUT2D eigenvalue weighted by atomic mass is 10.2. The van der Waals surface area contributed by atoms with E-state index in [9.17, 15) is 13.6 Å². The molecule has 0 unspecified atom stereocenters. The highest BCUT2D eigenvalue weighted by molar-refractivity contribution is 5.94. The fourth-order valence-corrected chi connectivity index (χ4v) is 1.18. The maximum absolute atomic E-state index is 12.7. The largest absolute Gasteiger partial charge is 0.494 e. The molecular formula is C9H10F2N2O3. The third kappa shape index (κ3) is 2.18. The Morgan fingerprint density at radius 3 is 2.44 bits per heavy atom. The molecule has 0 saturated heterocycles. The second-order valence-corrected chi connectivity index (χ2v) is 2.80. The van der Waals surface area contributed by atoms with Crippen molar-refractivity contribution in [1.82, 2.24) is 4.98 Å². The molecule has 0 spiro atoms. The van der Waals surface area contributed by atoms with Crippen LogP contribution >= 0.6 is 0 Å². The van der Waals surface area contributed by atoms with Gasteiger partial charge in [0.2, 0.25) is 5.88 Å². The van der Waals surface area contributed by atoms with Crippen molar-refractivity contribution in [3.8, 4) is 11.6 Å². The van der Waals surface area contributed by atoms with Crippen molar-refractivity contribution in [3.63, 3.8) is 0 Å². The van der Waals surface area contributed by atoms with Crippen LogP contribution in [0.1, 0.15) is 22.5 Å². The van der Waals surface area contributed by atoms with E-state index in [0.717, 1.165) is 13.2 Å². The van der Waals surface area contributed by atoms with E-state index >= 15 is 0 Å². The fourth-order valence-electron chi connectivity index (χ4n) is 1.18. The molecule has 0 aromatic carbocycles. The van der Waals surface area contributed by atoms with Crippen molar-refractivity contribution >= 4 is 5.91 Å². The molecule has 1 amide bonds. The summed E-state index contributed by atoms with van der Waals surface area (Å²) in [5, 5.41) is 0. The Morgan fingerprint density at radius 2 is 2.06 bits per heavy atom. The molecule has 0 bridgehead atoms. The Morgan fingerprint density at radius 1 is 1.44 bits per heavy atom. The summed E-state index contributed by atoms with van der Waals surface area (Å²) in [6.07, 6.45) is -2.81. The van der Waals surface area contributed by atoms with Crippen LogP contribution < -0.4 is 15.2 Å². The zero-order valence-electron chi connectivity index (χ0n) is 8.66. The molecule has 88 valence electrons. The summed E-state index contributed by atoms with van der Waals surface area (Å²) in [5.41, 5.74) is 4.14. The van der Waals surface area contributed by atoms with Crippen LogP contribution in [-0.4, -0.2) is 25.1 Å². The minimum absolute atomic E-state index is 0.120. The van der Waals surface area contributed by atoms with Gasteiger partial charge in [0.15, 0.2) is 11.4 Å². The van der Waals surface area contributed by atoms with Crippen molar-refractivity contribution in [3.05, 3.63) is 17.3 Å². The minimum atomic E-state index is -2.81. The molecule has 0 fully saturated rings. The number of carbonyl (C=O) groups excluding carboxylic acids is 1. The number of methoxy groups -OCH3 is 2. The predicted molar refractivity (Wildman–Crippen MR) is 50.8 cm³/mol. The van der Waals surface area contributed by atoms with Gasteiger partial charge in [0.25, 0.3) is 12.3 Å². The van der Waals surface area contributed by atoms with Gasteiger partial charge in [0, 0.05) is 6.07 Å². The van der Waals surface area contributed by atoms with Gasteiger partial charge < -0.3 is 15.2 Å². The van der Waals surface area contributed by atoms with Gasteiger partial charge in [0.05, 0.1) is 19.8 Å². The molecule has 2 N–H and O–H groups in total. The number of ether oxygens (including phenoxy) is 2. The smallest absolute Gasteiger partial charge is 0.271 e. The maximum atomic E-state index is 12.7. The maximum Gasteiger partial charge on any atom is 0.271 e. The Hall–Kier alpha value is -1.92. The third-order valence-corrected chi connectivity index (χ3v) is 1.86. The number of hydrogen-bond acceptors (Lipinski definition) is 4. The number of carbonyl (C=O) groups is 1. The number of hydrogen-bond donors (Lipinski definition) is 1. The van der Waals surface area contributed by atoms with Gasteiger partial charge in [-0.3, -0.25) is 4.79 Å². The van der Waals surface area contributed by atoms with E-state index < -0.39 is 17.9 Å². The van der Waals surface area contributed by atoms with Gasteiger partial charge in [-0.05, 0) is 0 Å². The molecule has 16 heavy (non-hydrogen) atoms. The van der Waals surface area contributed by atoms with Crippen molar-refractivity contribution in [2.24, 2.45) is 5.73 Å². The monoisotopic (exact) mass is 232 g/mol. The van der Waals surface area contributed by atoms with Crippen LogP contribution in [0.2, 0.25) is 0 Å². The van der Waals surface area contributed by atoms with Crippen LogP contribution in [0.15, 0.2) is 6.07 Å². The highest BCUT2D eigenvalue weighted by Gasteiger charge is 2.23. The zero-order valence-corrected chi connectivity index (χ0v) is 8.66. The average Bonchev–Trinajstić information content (AvgIpc) is 2.26. The van der Waals surface area contributed by atoms with E-state index in [0.29, 0.717) is 0 Å². The van der Waals surface area contributed by atoms with Crippen molar-refractivity contribution < 1.29 is 23.0 Å². The van der Waals surface area contributed by atoms with Crippen LogP contribution in [0.3, 0.4) is 0 Å². The summed E-state index contributed by atoms with van der Waals surface area (Å²) in [5.74, 6) is -1.41. The predicted octanol–water partition coefficient (Wildman–Crippen LogP) is 1.14. The quantitative estimate of drug-likeness (QED) is 0.844. The summed E-state index contributed by atoms with van der Waals surface area (Å²) >= 11 is 0. The van der Waals surface area contributed by atoms with E-state index in [2.05, 4.69) is 9.72 Å². The first-order valence-electron chi connectivity index (χ1n) is 4.22. The third-order valence-electron chi connectivity index (χ3n) is 1.86.